The molecule has 3 N–H and O–H groups in total. The average molecular weight is 296 g/mol. The Balaban J connectivity index is 1.74. The summed E-state index contributed by atoms with van der Waals surface area (Å²) in [6, 6.07) is 0.323. The molecule has 3 rings (SSSR count). The number of aromatic amines is 1. The maximum Gasteiger partial charge on any atom is 0.265 e. The van der Waals surface area contributed by atoms with Crippen LogP contribution in [0.3, 0.4) is 0 Å². The van der Waals surface area contributed by atoms with E-state index in [1.807, 2.05) is 4.68 Å². The largest absolute Gasteiger partial charge is 0.317 e. The molecule has 9 heteroatoms. The van der Waals surface area contributed by atoms with Crippen LogP contribution < -0.4 is 10.0 Å². The van der Waals surface area contributed by atoms with E-state index in [-0.39, 0.29) is 4.90 Å². The van der Waals surface area contributed by atoms with Crippen molar-refractivity contribution in [3.8, 4) is 0 Å². The lowest BCUT2D eigenvalue weighted by atomic mass is 10.1. The fourth-order valence-corrected chi connectivity index (χ4v) is 3.19. The topological polar surface area (TPSA) is 105 Å². The van der Waals surface area contributed by atoms with Crippen molar-refractivity contribution < 1.29 is 8.42 Å². The molecule has 1 aliphatic heterocycles. The van der Waals surface area contributed by atoms with Gasteiger partial charge in [-0.3, -0.25) is 14.5 Å². The number of anilines is 1. The van der Waals surface area contributed by atoms with Crippen LogP contribution in [0.1, 0.15) is 18.9 Å². The van der Waals surface area contributed by atoms with E-state index in [9.17, 15) is 8.42 Å². The lowest BCUT2D eigenvalue weighted by molar-refractivity contribution is 0.343. The molecule has 0 atom stereocenters. The van der Waals surface area contributed by atoms with E-state index in [0.717, 1.165) is 25.9 Å². The second kappa shape index (κ2) is 5.25. The molecule has 2 aromatic rings. The first-order valence-corrected chi connectivity index (χ1v) is 7.90. The molecule has 20 heavy (non-hydrogen) atoms. The minimum Gasteiger partial charge on any atom is -0.317 e. The molecule has 0 spiro atoms. The molecule has 3 heterocycles. The first-order chi connectivity index (χ1) is 9.65. The third kappa shape index (κ3) is 2.68. The van der Waals surface area contributed by atoms with Gasteiger partial charge in [-0.05, 0) is 25.9 Å². The highest BCUT2D eigenvalue weighted by molar-refractivity contribution is 7.92. The van der Waals surface area contributed by atoms with E-state index in [4.69, 9.17) is 0 Å². The number of H-pyrrole nitrogens is 1. The molecule has 0 amide bonds. The van der Waals surface area contributed by atoms with Crippen molar-refractivity contribution in [2.45, 2.75) is 23.8 Å². The van der Waals surface area contributed by atoms with Crippen LogP contribution in [0.15, 0.2) is 29.7 Å². The van der Waals surface area contributed by atoms with Gasteiger partial charge in [0.25, 0.3) is 10.0 Å². The summed E-state index contributed by atoms with van der Waals surface area (Å²) in [5.41, 5.74) is 0.463. The standard InChI is InChI=1S/C11H16N6O2S/c18-20(19,11-6-13-14-7-11)16-9-5-15-17(8-9)10-1-3-12-4-2-10/h5-8,10,12,16H,1-4H2,(H,13,14). The summed E-state index contributed by atoms with van der Waals surface area (Å²) >= 11 is 0. The van der Waals surface area contributed by atoms with Crippen molar-refractivity contribution in [1.82, 2.24) is 25.3 Å². The van der Waals surface area contributed by atoms with E-state index in [2.05, 4.69) is 25.3 Å². The van der Waals surface area contributed by atoms with Gasteiger partial charge in [-0.25, -0.2) is 8.42 Å². The van der Waals surface area contributed by atoms with Crippen LogP contribution in [0.4, 0.5) is 5.69 Å². The van der Waals surface area contributed by atoms with Crippen molar-refractivity contribution in [3.05, 3.63) is 24.8 Å². The molecular weight excluding hydrogens is 280 g/mol. The normalized spacial score (nSPS) is 17.2. The fourth-order valence-electron chi connectivity index (χ4n) is 2.26. The Hall–Kier alpha value is -1.87. The second-order valence-electron chi connectivity index (χ2n) is 4.73. The number of sulfonamides is 1. The highest BCUT2D eigenvalue weighted by atomic mass is 32.2. The van der Waals surface area contributed by atoms with E-state index < -0.39 is 10.0 Å². The summed E-state index contributed by atoms with van der Waals surface area (Å²) < 4.78 is 28.4. The molecule has 1 fully saturated rings. The number of hydrogen-bond acceptors (Lipinski definition) is 5. The monoisotopic (exact) mass is 296 g/mol. The number of hydrogen-bond donors (Lipinski definition) is 3. The number of rotatable bonds is 4. The molecule has 0 saturated carbocycles. The minimum atomic E-state index is -3.60. The van der Waals surface area contributed by atoms with Crippen LogP contribution in [0.5, 0.6) is 0 Å². The lowest BCUT2D eigenvalue weighted by Gasteiger charge is -2.22. The lowest BCUT2D eigenvalue weighted by Crippen LogP contribution is -2.29. The Labute approximate surface area is 116 Å². The Morgan fingerprint density at radius 1 is 1.30 bits per heavy atom. The summed E-state index contributed by atoms with van der Waals surface area (Å²) in [5, 5.41) is 13.6. The maximum absolute atomic E-state index is 12.0. The first kappa shape index (κ1) is 13.1. The number of piperidine rings is 1. The molecule has 0 unspecified atom stereocenters. The average Bonchev–Trinajstić information content (AvgIpc) is 3.10. The predicted molar refractivity (Wildman–Crippen MR) is 72.8 cm³/mol. The van der Waals surface area contributed by atoms with Gasteiger partial charge in [-0.2, -0.15) is 10.2 Å². The van der Waals surface area contributed by atoms with Crippen molar-refractivity contribution >= 4 is 15.7 Å². The molecule has 0 radical (unpaired) electrons. The summed E-state index contributed by atoms with van der Waals surface area (Å²) in [7, 11) is -3.60. The molecule has 0 bridgehead atoms. The van der Waals surface area contributed by atoms with Crippen LogP contribution in [0.2, 0.25) is 0 Å². The van der Waals surface area contributed by atoms with Crippen LogP contribution >= 0.6 is 0 Å². The quantitative estimate of drug-likeness (QED) is 0.754. The van der Waals surface area contributed by atoms with Gasteiger partial charge in [-0.1, -0.05) is 0 Å². The molecule has 1 saturated heterocycles. The molecular formula is C11H16N6O2S. The molecule has 1 aliphatic rings. The zero-order valence-corrected chi connectivity index (χ0v) is 11.6. The summed E-state index contributed by atoms with van der Waals surface area (Å²) in [6.45, 7) is 1.92. The van der Waals surface area contributed by atoms with Crippen LogP contribution in [0, 0.1) is 0 Å². The second-order valence-corrected chi connectivity index (χ2v) is 6.41. The smallest absolute Gasteiger partial charge is 0.265 e. The summed E-state index contributed by atoms with van der Waals surface area (Å²) in [4.78, 5) is 0.104. The van der Waals surface area contributed by atoms with Gasteiger partial charge in [0.2, 0.25) is 0 Å². The summed E-state index contributed by atoms with van der Waals surface area (Å²) in [6.07, 6.45) is 7.84. The SMILES string of the molecule is O=S(=O)(Nc1cnn(C2CCNCC2)c1)c1cn[nH]c1. The number of nitrogens with one attached hydrogen (secondary N) is 3. The Bertz CT molecular complexity index is 657. The first-order valence-electron chi connectivity index (χ1n) is 6.41. The number of nitrogens with zero attached hydrogens (tertiary/aromatic N) is 3. The minimum absolute atomic E-state index is 0.104. The van der Waals surface area contributed by atoms with Gasteiger partial charge < -0.3 is 5.32 Å². The van der Waals surface area contributed by atoms with Crippen molar-refractivity contribution in [2.75, 3.05) is 17.8 Å². The van der Waals surface area contributed by atoms with Gasteiger partial charge in [-0.15, -0.1) is 0 Å². The zero-order valence-electron chi connectivity index (χ0n) is 10.8. The van der Waals surface area contributed by atoms with Gasteiger partial charge in [0.1, 0.15) is 4.90 Å². The molecule has 108 valence electrons. The Kier molecular flexibility index (Phi) is 3.45. The third-order valence-corrected chi connectivity index (χ3v) is 4.67. The van der Waals surface area contributed by atoms with E-state index in [1.54, 1.807) is 6.20 Å². The fraction of sp³-hybridized carbons (Fsp3) is 0.455. The highest BCUT2D eigenvalue weighted by Crippen LogP contribution is 2.21. The molecule has 0 aliphatic carbocycles. The van der Waals surface area contributed by atoms with Crippen LogP contribution in [-0.2, 0) is 10.0 Å². The van der Waals surface area contributed by atoms with Crippen molar-refractivity contribution in [3.63, 3.8) is 0 Å². The van der Waals surface area contributed by atoms with Gasteiger partial charge >= 0.3 is 0 Å². The van der Waals surface area contributed by atoms with E-state index >= 15 is 0 Å². The molecule has 0 aromatic carbocycles. The van der Waals surface area contributed by atoms with Crippen molar-refractivity contribution in [2.24, 2.45) is 0 Å². The molecule has 2 aromatic heterocycles. The van der Waals surface area contributed by atoms with E-state index in [0.29, 0.717) is 11.7 Å². The third-order valence-electron chi connectivity index (χ3n) is 3.32. The Morgan fingerprint density at radius 2 is 2.10 bits per heavy atom. The highest BCUT2D eigenvalue weighted by Gasteiger charge is 2.19. The van der Waals surface area contributed by atoms with Crippen LogP contribution in [-0.4, -0.2) is 41.5 Å². The van der Waals surface area contributed by atoms with Gasteiger partial charge in [0.15, 0.2) is 0 Å². The van der Waals surface area contributed by atoms with Crippen molar-refractivity contribution in [1.29, 1.82) is 0 Å². The molecule has 8 nitrogen and oxygen atoms in total. The number of aromatic nitrogens is 4. The van der Waals surface area contributed by atoms with Crippen LogP contribution in [0.25, 0.3) is 0 Å². The van der Waals surface area contributed by atoms with Gasteiger partial charge in [0.05, 0.1) is 24.1 Å². The zero-order chi connectivity index (χ0) is 14.0. The summed E-state index contributed by atoms with van der Waals surface area (Å²) in [5.74, 6) is 0. The van der Waals surface area contributed by atoms with E-state index in [1.165, 1.54) is 18.6 Å². The predicted octanol–water partition coefficient (Wildman–Crippen LogP) is 0.331. The van der Waals surface area contributed by atoms with Gasteiger partial charge in [0, 0.05) is 12.4 Å². The Morgan fingerprint density at radius 3 is 2.80 bits per heavy atom. The maximum atomic E-state index is 12.0.